The van der Waals surface area contributed by atoms with Gasteiger partial charge >= 0.3 is 0 Å². The summed E-state index contributed by atoms with van der Waals surface area (Å²) < 4.78 is 8.65. The van der Waals surface area contributed by atoms with E-state index in [1.165, 1.54) is 0 Å². The Morgan fingerprint density at radius 2 is 1.61 bits per heavy atom. The standard InChI is InChI=1S/C22H20N4O2/c1-25-13-10-20(24-25)19-14-18(15-4-6-17(28-3)7-5-15)21(26(2)22(19)27)16-8-11-23-12-9-16/h4-14H,1-3H3. The van der Waals surface area contributed by atoms with Crippen molar-refractivity contribution in [1.29, 1.82) is 0 Å². The third kappa shape index (κ3) is 3.09. The quantitative estimate of drug-likeness (QED) is 0.550. The Kier molecular flexibility index (Phi) is 4.53. The molecule has 0 aliphatic heterocycles. The van der Waals surface area contributed by atoms with Crippen molar-refractivity contribution in [2.45, 2.75) is 0 Å². The highest BCUT2D eigenvalue weighted by atomic mass is 16.5. The minimum Gasteiger partial charge on any atom is -0.497 e. The fourth-order valence-electron chi connectivity index (χ4n) is 3.33. The van der Waals surface area contributed by atoms with Crippen LogP contribution >= 0.6 is 0 Å². The molecule has 3 aromatic heterocycles. The molecular weight excluding hydrogens is 352 g/mol. The zero-order chi connectivity index (χ0) is 19.7. The molecule has 0 spiro atoms. The number of pyridine rings is 2. The Balaban J connectivity index is 2.02. The number of rotatable bonds is 4. The van der Waals surface area contributed by atoms with Crippen LogP contribution in [-0.4, -0.2) is 26.4 Å². The number of hydrogen-bond donors (Lipinski definition) is 0. The van der Waals surface area contributed by atoms with E-state index in [9.17, 15) is 4.79 Å². The van der Waals surface area contributed by atoms with Crippen LogP contribution in [-0.2, 0) is 14.1 Å². The molecule has 4 rings (SSSR count). The van der Waals surface area contributed by atoms with Gasteiger partial charge in [0.25, 0.3) is 5.56 Å². The molecule has 0 radical (unpaired) electrons. The normalized spacial score (nSPS) is 10.8. The Morgan fingerprint density at radius 1 is 0.893 bits per heavy atom. The Bertz CT molecular complexity index is 1180. The molecule has 28 heavy (non-hydrogen) atoms. The van der Waals surface area contributed by atoms with E-state index in [0.29, 0.717) is 11.3 Å². The summed E-state index contributed by atoms with van der Waals surface area (Å²) in [5, 5.41) is 4.42. The number of methoxy groups -OCH3 is 1. The van der Waals surface area contributed by atoms with Crippen molar-refractivity contribution in [2.75, 3.05) is 7.11 Å². The van der Waals surface area contributed by atoms with E-state index in [2.05, 4.69) is 10.1 Å². The zero-order valence-electron chi connectivity index (χ0n) is 16.0. The predicted octanol–water partition coefficient (Wildman–Crippen LogP) is 3.52. The Labute approximate surface area is 162 Å². The number of benzene rings is 1. The summed E-state index contributed by atoms with van der Waals surface area (Å²) in [5.74, 6) is 0.781. The molecule has 6 heteroatoms. The van der Waals surface area contributed by atoms with Gasteiger partial charge in [0.05, 0.1) is 24.1 Å². The van der Waals surface area contributed by atoms with E-state index in [4.69, 9.17) is 4.74 Å². The van der Waals surface area contributed by atoms with Gasteiger partial charge in [-0.1, -0.05) is 12.1 Å². The van der Waals surface area contributed by atoms with Crippen LogP contribution in [0.4, 0.5) is 0 Å². The summed E-state index contributed by atoms with van der Waals surface area (Å²) in [6.07, 6.45) is 5.28. The number of aryl methyl sites for hydroxylation is 1. The molecule has 140 valence electrons. The smallest absolute Gasteiger partial charge is 0.260 e. The number of aromatic nitrogens is 4. The van der Waals surface area contributed by atoms with Crippen LogP contribution in [0.3, 0.4) is 0 Å². The van der Waals surface area contributed by atoms with Gasteiger partial charge in [0.2, 0.25) is 0 Å². The van der Waals surface area contributed by atoms with Crippen LogP contribution in [0.15, 0.2) is 71.9 Å². The van der Waals surface area contributed by atoms with E-state index >= 15 is 0 Å². The molecule has 1 aromatic carbocycles. The van der Waals surface area contributed by atoms with Crippen molar-refractivity contribution in [2.24, 2.45) is 14.1 Å². The Morgan fingerprint density at radius 3 is 2.21 bits per heavy atom. The molecule has 0 aliphatic carbocycles. The third-order valence-electron chi connectivity index (χ3n) is 4.76. The molecular formula is C22H20N4O2. The maximum absolute atomic E-state index is 13.1. The summed E-state index contributed by atoms with van der Waals surface area (Å²) in [4.78, 5) is 17.2. The van der Waals surface area contributed by atoms with Crippen LogP contribution in [0, 0.1) is 0 Å². The predicted molar refractivity (Wildman–Crippen MR) is 109 cm³/mol. The van der Waals surface area contributed by atoms with Crippen LogP contribution in [0.1, 0.15) is 0 Å². The van der Waals surface area contributed by atoms with Crippen molar-refractivity contribution < 1.29 is 4.74 Å². The van der Waals surface area contributed by atoms with E-state index in [1.54, 1.807) is 35.8 Å². The van der Waals surface area contributed by atoms with Crippen LogP contribution in [0.2, 0.25) is 0 Å². The van der Waals surface area contributed by atoms with E-state index < -0.39 is 0 Å². The highest BCUT2D eigenvalue weighted by molar-refractivity contribution is 5.84. The maximum Gasteiger partial charge on any atom is 0.260 e. The first-order valence-electron chi connectivity index (χ1n) is 8.87. The first kappa shape index (κ1) is 17.7. The Hall–Kier alpha value is -3.67. The molecule has 0 amide bonds. The monoisotopic (exact) mass is 372 g/mol. The van der Waals surface area contributed by atoms with Crippen LogP contribution in [0.25, 0.3) is 33.6 Å². The molecule has 0 unspecified atom stereocenters. The van der Waals surface area contributed by atoms with Gasteiger partial charge < -0.3 is 9.30 Å². The lowest BCUT2D eigenvalue weighted by atomic mass is 9.97. The van der Waals surface area contributed by atoms with E-state index in [1.807, 2.05) is 61.8 Å². The summed E-state index contributed by atoms with van der Waals surface area (Å²) in [5.41, 5.74) is 4.80. The SMILES string of the molecule is COc1ccc(-c2cc(-c3ccn(C)n3)c(=O)n(C)c2-c2ccncc2)cc1. The van der Waals surface area contributed by atoms with Crippen molar-refractivity contribution in [1.82, 2.24) is 19.3 Å². The first-order valence-corrected chi connectivity index (χ1v) is 8.87. The van der Waals surface area contributed by atoms with Gasteiger partial charge in [0.1, 0.15) is 5.75 Å². The molecule has 0 atom stereocenters. The molecule has 0 N–H and O–H groups in total. The highest BCUT2D eigenvalue weighted by Crippen LogP contribution is 2.33. The lowest BCUT2D eigenvalue weighted by Crippen LogP contribution is -2.21. The van der Waals surface area contributed by atoms with Crippen molar-refractivity contribution in [3.05, 3.63) is 77.5 Å². The molecule has 0 aliphatic rings. The van der Waals surface area contributed by atoms with Crippen LogP contribution < -0.4 is 10.3 Å². The van der Waals surface area contributed by atoms with E-state index in [-0.39, 0.29) is 5.56 Å². The largest absolute Gasteiger partial charge is 0.497 e. The molecule has 4 aromatic rings. The first-order chi connectivity index (χ1) is 13.6. The molecule has 0 saturated heterocycles. The second-order valence-corrected chi connectivity index (χ2v) is 6.52. The minimum atomic E-state index is -0.0947. The lowest BCUT2D eigenvalue weighted by Gasteiger charge is -2.16. The van der Waals surface area contributed by atoms with Gasteiger partial charge in [0, 0.05) is 43.8 Å². The third-order valence-corrected chi connectivity index (χ3v) is 4.76. The van der Waals surface area contributed by atoms with Gasteiger partial charge in [0.15, 0.2) is 0 Å². The maximum atomic E-state index is 13.1. The molecule has 6 nitrogen and oxygen atoms in total. The molecule has 0 bridgehead atoms. The summed E-state index contributed by atoms with van der Waals surface area (Å²) in [7, 11) is 5.27. The summed E-state index contributed by atoms with van der Waals surface area (Å²) >= 11 is 0. The van der Waals surface area contributed by atoms with E-state index in [0.717, 1.165) is 28.1 Å². The number of nitrogens with zero attached hydrogens (tertiary/aromatic N) is 4. The highest BCUT2D eigenvalue weighted by Gasteiger charge is 2.18. The second kappa shape index (κ2) is 7.15. The zero-order valence-corrected chi connectivity index (χ0v) is 16.0. The fourth-order valence-corrected chi connectivity index (χ4v) is 3.33. The number of hydrogen-bond acceptors (Lipinski definition) is 4. The van der Waals surface area contributed by atoms with Gasteiger partial charge in [-0.3, -0.25) is 14.5 Å². The van der Waals surface area contributed by atoms with Gasteiger partial charge in [-0.15, -0.1) is 0 Å². The van der Waals surface area contributed by atoms with Gasteiger partial charge in [-0.25, -0.2) is 0 Å². The van der Waals surface area contributed by atoms with Gasteiger partial charge in [-0.05, 0) is 42.0 Å². The summed E-state index contributed by atoms with van der Waals surface area (Å²) in [6, 6.07) is 15.4. The van der Waals surface area contributed by atoms with Crippen molar-refractivity contribution in [3.63, 3.8) is 0 Å². The fraction of sp³-hybridized carbons (Fsp3) is 0.136. The second-order valence-electron chi connectivity index (χ2n) is 6.52. The van der Waals surface area contributed by atoms with Crippen molar-refractivity contribution >= 4 is 0 Å². The van der Waals surface area contributed by atoms with Crippen LogP contribution in [0.5, 0.6) is 5.75 Å². The molecule has 0 fully saturated rings. The van der Waals surface area contributed by atoms with Gasteiger partial charge in [-0.2, -0.15) is 5.10 Å². The average Bonchev–Trinajstić information content (AvgIpc) is 3.16. The topological polar surface area (TPSA) is 61.9 Å². The minimum absolute atomic E-state index is 0.0947. The van der Waals surface area contributed by atoms with Crippen molar-refractivity contribution in [3.8, 4) is 39.4 Å². The lowest BCUT2D eigenvalue weighted by molar-refractivity contribution is 0.415. The summed E-state index contributed by atoms with van der Waals surface area (Å²) in [6.45, 7) is 0. The molecule has 3 heterocycles. The molecule has 0 saturated carbocycles. The number of ether oxygens (including phenoxy) is 1. The average molecular weight is 372 g/mol.